The number of halogens is 2. The number of carbonyl (C=O) groups excluding carboxylic acids is 1. The Hall–Kier alpha value is -4.04. The SMILES string of the molecule is COc1ccc(-c2cc(C(=O)N3CCN(c4cccc(Cl)c4)CC3)n(-c3ccc(F)cc3)n2)c(OC)c1. The molecular weight excluding hydrogens is 495 g/mol. The highest BCUT2D eigenvalue weighted by Crippen LogP contribution is 2.34. The molecule has 2 heterocycles. The second-order valence-electron chi connectivity index (χ2n) is 8.63. The van der Waals surface area contributed by atoms with E-state index in [9.17, 15) is 9.18 Å². The molecule has 1 aliphatic rings. The van der Waals surface area contributed by atoms with Gasteiger partial charge in [0.05, 0.1) is 25.6 Å². The van der Waals surface area contributed by atoms with E-state index in [1.807, 2.05) is 41.3 Å². The Balaban J connectivity index is 1.47. The summed E-state index contributed by atoms with van der Waals surface area (Å²) >= 11 is 6.16. The first-order chi connectivity index (χ1) is 18.0. The molecule has 1 fully saturated rings. The molecule has 0 bridgehead atoms. The minimum atomic E-state index is -0.363. The smallest absolute Gasteiger partial charge is 0.272 e. The molecule has 37 heavy (non-hydrogen) atoms. The van der Waals surface area contributed by atoms with Crippen LogP contribution < -0.4 is 14.4 Å². The number of benzene rings is 3. The van der Waals surface area contributed by atoms with Gasteiger partial charge in [-0.15, -0.1) is 0 Å². The molecule has 9 heteroatoms. The molecular formula is C28H26ClFN4O3. The number of hydrogen-bond acceptors (Lipinski definition) is 5. The van der Waals surface area contributed by atoms with Crippen molar-refractivity contribution in [2.75, 3.05) is 45.3 Å². The standard InChI is InChI=1S/C28H26ClFN4O3/c1-36-23-10-11-24(27(17-23)37-2)25-18-26(34(31-25)21-8-6-20(30)7-9-21)28(35)33-14-12-32(13-15-33)22-5-3-4-19(29)16-22/h3-11,16-18H,12-15H2,1-2H3. The van der Waals surface area contributed by atoms with Crippen LogP contribution in [0, 0.1) is 5.82 Å². The predicted octanol–water partition coefficient (Wildman–Crippen LogP) is 5.31. The van der Waals surface area contributed by atoms with Gasteiger partial charge < -0.3 is 19.3 Å². The van der Waals surface area contributed by atoms with Gasteiger partial charge in [-0.25, -0.2) is 9.07 Å². The lowest BCUT2D eigenvalue weighted by atomic mass is 10.1. The van der Waals surface area contributed by atoms with E-state index >= 15 is 0 Å². The van der Waals surface area contributed by atoms with E-state index in [-0.39, 0.29) is 11.7 Å². The van der Waals surface area contributed by atoms with E-state index < -0.39 is 0 Å². The Morgan fingerprint density at radius 3 is 2.32 bits per heavy atom. The van der Waals surface area contributed by atoms with Crippen LogP contribution in [-0.2, 0) is 0 Å². The molecule has 1 aliphatic heterocycles. The maximum Gasteiger partial charge on any atom is 0.272 e. The largest absolute Gasteiger partial charge is 0.497 e. The Morgan fingerprint density at radius 2 is 1.65 bits per heavy atom. The van der Waals surface area contributed by atoms with Crippen LogP contribution in [-0.4, -0.2) is 61.0 Å². The highest BCUT2D eigenvalue weighted by atomic mass is 35.5. The van der Waals surface area contributed by atoms with Gasteiger partial charge in [0.25, 0.3) is 5.91 Å². The van der Waals surface area contributed by atoms with Gasteiger partial charge in [0.2, 0.25) is 0 Å². The molecule has 0 radical (unpaired) electrons. The van der Waals surface area contributed by atoms with E-state index in [2.05, 4.69) is 4.90 Å². The van der Waals surface area contributed by atoms with Crippen LogP contribution in [0.5, 0.6) is 11.5 Å². The van der Waals surface area contributed by atoms with Crippen LogP contribution in [0.3, 0.4) is 0 Å². The zero-order valence-corrected chi connectivity index (χ0v) is 21.3. The molecule has 5 rings (SSSR count). The fourth-order valence-electron chi connectivity index (χ4n) is 4.46. The van der Waals surface area contributed by atoms with Crippen molar-refractivity contribution in [1.29, 1.82) is 0 Å². The summed E-state index contributed by atoms with van der Waals surface area (Å²) in [5.41, 5.74) is 3.27. The monoisotopic (exact) mass is 520 g/mol. The summed E-state index contributed by atoms with van der Waals surface area (Å²) in [6.45, 7) is 2.44. The Labute approximate surface area is 219 Å². The zero-order valence-electron chi connectivity index (χ0n) is 20.5. The highest BCUT2D eigenvalue weighted by molar-refractivity contribution is 6.30. The molecule has 1 saturated heterocycles. The summed E-state index contributed by atoms with van der Waals surface area (Å²) < 4.78 is 26.1. The van der Waals surface area contributed by atoms with Crippen LogP contribution in [0.2, 0.25) is 5.02 Å². The third-order valence-electron chi connectivity index (χ3n) is 6.42. The normalized spacial score (nSPS) is 13.5. The lowest BCUT2D eigenvalue weighted by Crippen LogP contribution is -2.49. The van der Waals surface area contributed by atoms with Crippen LogP contribution in [0.15, 0.2) is 72.8 Å². The third kappa shape index (κ3) is 5.11. The number of rotatable bonds is 6. The first-order valence-corrected chi connectivity index (χ1v) is 12.2. The van der Waals surface area contributed by atoms with E-state index in [1.54, 1.807) is 43.2 Å². The molecule has 0 atom stereocenters. The quantitative estimate of drug-likeness (QED) is 0.345. The summed E-state index contributed by atoms with van der Waals surface area (Å²) in [5, 5.41) is 5.41. The first-order valence-electron chi connectivity index (χ1n) is 11.8. The van der Waals surface area contributed by atoms with Gasteiger partial charge in [-0.3, -0.25) is 4.79 Å². The van der Waals surface area contributed by atoms with Gasteiger partial charge in [0.15, 0.2) is 0 Å². The van der Waals surface area contributed by atoms with Crippen molar-refractivity contribution in [2.24, 2.45) is 0 Å². The average Bonchev–Trinajstić information content (AvgIpc) is 3.38. The maximum absolute atomic E-state index is 13.8. The molecule has 0 N–H and O–H groups in total. The van der Waals surface area contributed by atoms with E-state index in [0.29, 0.717) is 65.3 Å². The summed E-state index contributed by atoms with van der Waals surface area (Å²) in [6, 6.07) is 20.8. The van der Waals surface area contributed by atoms with Crippen LogP contribution >= 0.6 is 11.6 Å². The van der Waals surface area contributed by atoms with Gasteiger partial charge >= 0.3 is 0 Å². The van der Waals surface area contributed by atoms with Crippen molar-refractivity contribution in [3.05, 3.63) is 89.3 Å². The van der Waals surface area contributed by atoms with Crippen molar-refractivity contribution in [1.82, 2.24) is 14.7 Å². The molecule has 4 aromatic rings. The number of carbonyl (C=O) groups is 1. The second kappa shape index (κ2) is 10.5. The number of aromatic nitrogens is 2. The Bertz CT molecular complexity index is 1420. The lowest BCUT2D eigenvalue weighted by Gasteiger charge is -2.36. The average molecular weight is 521 g/mol. The number of amides is 1. The third-order valence-corrected chi connectivity index (χ3v) is 6.66. The Morgan fingerprint density at radius 1 is 0.892 bits per heavy atom. The fourth-order valence-corrected chi connectivity index (χ4v) is 4.64. The molecule has 190 valence electrons. The summed E-state index contributed by atoms with van der Waals surface area (Å²) in [7, 11) is 3.15. The van der Waals surface area contributed by atoms with Gasteiger partial charge in [-0.2, -0.15) is 5.10 Å². The van der Waals surface area contributed by atoms with Gasteiger partial charge in [-0.05, 0) is 60.7 Å². The molecule has 1 amide bonds. The van der Waals surface area contributed by atoms with E-state index in [4.69, 9.17) is 26.2 Å². The molecule has 7 nitrogen and oxygen atoms in total. The molecule has 1 aromatic heterocycles. The summed E-state index contributed by atoms with van der Waals surface area (Å²) in [5.74, 6) is 0.698. The van der Waals surface area contributed by atoms with E-state index in [0.717, 1.165) is 5.69 Å². The van der Waals surface area contributed by atoms with E-state index in [1.165, 1.54) is 12.1 Å². The fraction of sp³-hybridized carbons (Fsp3) is 0.214. The number of hydrogen-bond donors (Lipinski definition) is 0. The van der Waals surface area contributed by atoms with Gasteiger partial charge in [-0.1, -0.05) is 17.7 Å². The first kappa shape index (κ1) is 24.6. The predicted molar refractivity (Wildman–Crippen MR) is 142 cm³/mol. The van der Waals surface area contributed by atoms with Crippen molar-refractivity contribution in [2.45, 2.75) is 0 Å². The van der Waals surface area contributed by atoms with Crippen molar-refractivity contribution < 1.29 is 18.7 Å². The topological polar surface area (TPSA) is 59.8 Å². The second-order valence-corrected chi connectivity index (χ2v) is 9.06. The molecule has 0 saturated carbocycles. The number of piperazine rings is 1. The maximum atomic E-state index is 13.8. The molecule has 3 aromatic carbocycles. The van der Waals surface area contributed by atoms with Crippen molar-refractivity contribution in [3.63, 3.8) is 0 Å². The minimum Gasteiger partial charge on any atom is -0.497 e. The van der Waals surface area contributed by atoms with Crippen LogP contribution in [0.4, 0.5) is 10.1 Å². The highest BCUT2D eigenvalue weighted by Gasteiger charge is 2.27. The summed E-state index contributed by atoms with van der Waals surface area (Å²) in [4.78, 5) is 17.8. The number of ether oxygens (including phenoxy) is 2. The number of methoxy groups -OCH3 is 2. The molecule has 0 unspecified atom stereocenters. The van der Waals surface area contributed by atoms with Gasteiger partial charge in [0, 0.05) is 48.5 Å². The number of anilines is 1. The van der Waals surface area contributed by atoms with Crippen LogP contribution in [0.25, 0.3) is 16.9 Å². The lowest BCUT2D eigenvalue weighted by molar-refractivity contribution is 0.0737. The number of nitrogens with zero attached hydrogens (tertiary/aromatic N) is 4. The molecule has 0 spiro atoms. The van der Waals surface area contributed by atoms with Crippen molar-refractivity contribution in [3.8, 4) is 28.4 Å². The van der Waals surface area contributed by atoms with Gasteiger partial charge in [0.1, 0.15) is 23.0 Å². The molecule has 0 aliphatic carbocycles. The summed E-state index contributed by atoms with van der Waals surface area (Å²) in [6.07, 6.45) is 0. The minimum absolute atomic E-state index is 0.152. The van der Waals surface area contributed by atoms with Crippen LogP contribution in [0.1, 0.15) is 10.5 Å². The Kier molecular flexibility index (Phi) is 7.01. The zero-order chi connectivity index (χ0) is 25.9. The van der Waals surface area contributed by atoms with Crippen molar-refractivity contribution >= 4 is 23.2 Å².